The smallest absolute Gasteiger partial charge is 0.339 e. The fourth-order valence-corrected chi connectivity index (χ4v) is 4.81. The maximum Gasteiger partial charge on any atom is 0.339 e. The van der Waals surface area contributed by atoms with Crippen molar-refractivity contribution >= 4 is 29.5 Å². The predicted molar refractivity (Wildman–Crippen MR) is 130 cm³/mol. The van der Waals surface area contributed by atoms with Gasteiger partial charge in [0.2, 0.25) is 5.91 Å². The lowest BCUT2D eigenvalue weighted by Gasteiger charge is -2.31. The minimum atomic E-state index is -0.573. The molecule has 3 rings (SSSR count). The molecule has 2 amide bonds. The van der Waals surface area contributed by atoms with E-state index < -0.39 is 5.97 Å². The molecule has 0 spiro atoms. The van der Waals surface area contributed by atoms with E-state index in [-0.39, 0.29) is 24.2 Å². The maximum atomic E-state index is 12.7. The summed E-state index contributed by atoms with van der Waals surface area (Å²) >= 11 is 1.33. The van der Waals surface area contributed by atoms with Crippen LogP contribution in [0.3, 0.4) is 0 Å². The Labute approximate surface area is 200 Å². The summed E-state index contributed by atoms with van der Waals surface area (Å²) in [5, 5.41) is 2.75. The van der Waals surface area contributed by atoms with Gasteiger partial charge in [0.15, 0.2) is 6.61 Å². The van der Waals surface area contributed by atoms with Crippen LogP contribution >= 0.6 is 11.8 Å². The minimum absolute atomic E-state index is 0.0607. The van der Waals surface area contributed by atoms with Crippen LogP contribution in [0.4, 0.5) is 0 Å². The number of ether oxygens (including phenoxy) is 1. The molecule has 0 unspecified atom stereocenters. The summed E-state index contributed by atoms with van der Waals surface area (Å²) in [7, 11) is 1.87. The van der Waals surface area contributed by atoms with Crippen molar-refractivity contribution in [2.24, 2.45) is 0 Å². The monoisotopic (exact) mass is 468 g/mol. The number of rotatable bonds is 9. The van der Waals surface area contributed by atoms with E-state index in [4.69, 9.17) is 4.74 Å². The molecule has 1 aliphatic carbocycles. The third-order valence-electron chi connectivity index (χ3n) is 5.92. The van der Waals surface area contributed by atoms with Crippen molar-refractivity contribution in [1.29, 1.82) is 0 Å². The van der Waals surface area contributed by atoms with Gasteiger partial charge in [0.1, 0.15) is 0 Å². The molecule has 176 valence electrons. The fraction of sp³-hybridized carbons (Fsp3) is 0.423. The molecule has 1 fully saturated rings. The van der Waals surface area contributed by atoms with Crippen LogP contribution in [0.2, 0.25) is 0 Å². The number of benzene rings is 2. The van der Waals surface area contributed by atoms with Gasteiger partial charge in [-0.2, -0.15) is 0 Å². The van der Waals surface area contributed by atoms with Gasteiger partial charge in [0.05, 0.1) is 11.3 Å². The number of carbonyl (C=O) groups is 3. The van der Waals surface area contributed by atoms with Gasteiger partial charge in [-0.15, -0.1) is 11.8 Å². The number of hydrogen-bond donors (Lipinski definition) is 1. The summed E-state index contributed by atoms with van der Waals surface area (Å²) in [6, 6.07) is 15.2. The van der Waals surface area contributed by atoms with Crippen LogP contribution in [-0.2, 0) is 20.9 Å². The highest BCUT2D eigenvalue weighted by atomic mass is 32.2. The van der Waals surface area contributed by atoms with E-state index in [0.29, 0.717) is 23.0 Å². The number of aryl methyl sites for hydroxylation is 1. The number of nitrogens with one attached hydrogen (secondary N) is 1. The number of esters is 1. The number of hydrogen-bond acceptors (Lipinski definition) is 5. The molecule has 0 radical (unpaired) electrons. The van der Waals surface area contributed by atoms with Crippen LogP contribution < -0.4 is 5.32 Å². The Hall–Kier alpha value is -2.80. The summed E-state index contributed by atoms with van der Waals surface area (Å²) in [6.45, 7) is 2.02. The Morgan fingerprint density at radius 1 is 1.03 bits per heavy atom. The van der Waals surface area contributed by atoms with Gasteiger partial charge in [-0.05, 0) is 37.5 Å². The van der Waals surface area contributed by atoms with Crippen molar-refractivity contribution in [3.8, 4) is 0 Å². The Bertz CT molecular complexity index is 955. The topological polar surface area (TPSA) is 75.7 Å². The molecular formula is C26H32N2O4S. The summed E-state index contributed by atoms with van der Waals surface area (Å²) in [5.41, 5.74) is 2.49. The van der Waals surface area contributed by atoms with E-state index in [1.807, 2.05) is 49.2 Å². The lowest BCUT2D eigenvalue weighted by molar-refractivity contribution is -0.129. The molecule has 0 heterocycles. The third-order valence-corrected chi connectivity index (χ3v) is 6.98. The third kappa shape index (κ3) is 7.63. The van der Waals surface area contributed by atoms with Gasteiger partial charge in [-0.1, -0.05) is 61.2 Å². The molecule has 0 aromatic heterocycles. The Morgan fingerprint density at radius 3 is 2.45 bits per heavy atom. The number of amides is 2. The van der Waals surface area contributed by atoms with E-state index in [1.54, 1.807) is 18.2 Å². The van der Waals surface area contributed by atoms with E-state index >= 15 is 0 Å². The van der Waals surface area contributed by atoms with Crippen LogP contribution in [0.5, 0.6) is 0 Å². The average molecular weight is 469 g/mol. The van der Waals surface area contributed by atoms with Crippen molar-refractivity contribution in [3.05, 3.63) is 65.2 Å². The largest absolute Gasteiger partial charge is 0.452 e. The SMILES string of the molecule is Cc1ccc(CNC(=O)COC(=O)c2ccccc2SCC(=O)N(C)C2CCCCC2)cc1. The quantitative estimate of drug-likeness (QED) is 0.437. The Balaban J connectivity index is 1.48. The number of thioether (sulfide) groups is 1. The molecule has 6 nitrogen and oxygen atoms in total. The first-order valence-corrected chi connectivity index (χ1v) is 12.4. The molecule has 0 atom stereocenters. The first kappa shape index (κ1) is 24.8. The Morgan fingerprint density at radius 2 is 1.73 bits per heavy atom. The van der Waals surface area contributed by atoms with Crippen LogP contribution in [-0.4, -0.2) is 48.1 Å². The van der Waals surface area contributed by atoms with E-state index in [0.717, 1.165) is 24.0 Å². The highest BCUT2D eigenvalue weighted by molar-refractivity contribution is 8.00. The maximum absolute atomic E-state index is 12.7. The highest BCUT2D eigenvalue weighted by Gasteiger charge is 2.23. The molecule has 2 aromatic carbocycles. The van der Waals surface area contributed by atoms with Crippen molar-refractivity contribution < 1.29 is 19.1 Å². The molecule has 1 saturated carbocycles. The molecular weight excluding hydrogens is 436 g/mol. The molecule has 33 heavy (non-hydrogen) atoms. The molecule has 7 heteroatoms. The second-order valence-electron chi connectivity index (χ2n) is 8.42. The van der Waals surface area contributed by atoms with Crippen LogP contribution in [0, 0.1) is 6.92 Å². The van der Waals surface area contributed by atoms with Gasteiger partial charge >= 0.3 is 5.97 Å². The van der Waals surface area contributed by atoms with E-state index in [1.165, 1.54) is 31.0 Å². The number of nitrogens with zero attached hydrogens (tertiary/aromatic N) is 1. The molecule has 2 aromatic rings. The molecule has 0 bridgehead atoms. The second kappa shape index (κ2) is 12.4. The standard InChI is InChI=1S/C26H32N2O4S/c1-19-12-14-20(15-13-19)16-27-24(29)17-32-26(31)22-10-6-7-11-23(22)33-18-25(30)28(2)21-8-4-3-5-9-21/h6-7,10-15,21H,3-5,8-9,16-18H2,1-2H3,(H,27,29). The van der Waals surface area contributed by atoms with Gasteiger partial charge in [-0.25, -0.2) is 4.79 Å². The summed E-state index contributed by atoms with van der Waals surface area (Å²) in [5.74, 6) is -0.616. The summed E-state index contributed by atoms with van der Waals surface area (Å²) in [4.78, 5) is 39.9. The predicted octanol–water partition coefficient (Wildman–Crippen LogP) is 4.35. The highest BCUT2D eigenvalue weighted by Crippen LogP contribution is 2.26. The van der Waals surface area contributed by atoms with Gasteiger partial charge in [0.25, 0.3) is 5.91 Å². The van der Waals surface area contributed by atoms with Gasteiger partial charge < -0.3 is 15.0 Å². The first-order chi connectivity index (χ1) is 15.9. The molecule has 1 N–H and O–H groups in total. The van der Waals surface area contributed by atoms with Crippen molar-refractivity contribution in [3.63, 3.8) is 0 Å². The zero-order chi connectivity index (χ0) is 23.6. The lowest BCUT2D eigenvalue weighted by atomic mass is 9.94. The molecule has 0 saturated heterocycles. The zero-order valence-corrected chi connectivity index (χ0v) is 20.2. The van der Waals surface area contributed by atoms with E-state index in [2.05, 4.69) is 5.32 Å². The summed E-state index contributed by atoms with van der Waals surface area (Å²) in [6.07, 6.45) is 5.70. The second-order valence-corrected chi connectivity index (χ2v) is 9.44. The van der Waals surface area contributed by atoms with Crippen LogP contribution in [0.25, 0.3) is 0 Å². The molecule has 0 aliphatic heterocycles. The van der Waals surface area contributed by atoms with Crippen LogP contribution in [0.15, 0.2) is 53.4 Å². The number of carbonyl (C=O) groups excluding carboxylic acids is 3. The van der Waals surface area contributed by atoms with Crippen molar-refractivity contribution in [1.82, 2.24) is 10.2 Å². The zero-order valence-electron chi connectivity index (χ0n) is 19.3. The van der Waals surface area contributed by atoms with Crippen LogP contribution in [0.1, 0.15) is 53.6 Å². The van der Waals surface area contributed by atoms with Crippen molar-refractivity contribution in [2.45, 2.75) is 56.5 Å². The summed E-state index contributed by atoms with van der Waals surface area (Å²) < 4.78 is 5.23. The van der Waals surface area contributed by atoms with Crippen molar-refractivity contribution in [2.75, 3.05) is 19.4 Å². The Kier molecular flexibility index (Phi) is 9.36. The van der Waals surface area contributed by atoms with E-state index in [9.17, 15) is 14.4 Å². The molecule has 1 aliphatic rings. The minimum Gasteiger partial charge on any atom is -0.452 e. The fourth-order valence-electron chi connectivity index (χ4n) is 3.84. The van der Waals surface area contributed by atoms with Gasteiger partial charge in [-0.3, -0.25) is 9.59 Å². The average Bonchev–Trinajstić information content (AvgIpc) is 2.85. The first-order valence-electron chi connectivity index (χ1n) is 11.4. The normalized spacial score (nSPS) is 13.9. The van der Waals surface area contributed by atoms with Gasteiger partial charge in [0, 0.05) is 24.5 Å². The lowest BCUT2D eigenvalue weighted by Crippen LogP contribution is -2.39.